The summed E-state index contributed by atoms with van der Waals surface area (Å²) in [6.45, 7) is 2.60. The number of H-pyrrole nitrogens is 1. The third-order valence-corrected chi connectivity index (χ3v) is 3.30. The van der Waals surface area contributed by atoms with Gasteiger partial charge in [-0.2, -0.15) is 5.10 Å². The van der Waals surface area contributed by atoms with Crippen molar-refractivity contribution in [3.05, 3.63) is 58.9 Å². The number of hydrogen-bond donors (Lipinski definition) is 1. The van der Waals surface area contributed by atoms with Gasteiger partial charge in [-0.3, -0.25) is 19.6 Å². The second-order valence-corrected chi connectivity index (χ2v) is 4.87. The van der Waals surface area contributed by atoms with Crippen LogP contribution in [0, 0.1) is 11.7 Å². The zero-order valence-electron chi connectivity index (χ0n) is 10.9. The molecule has 5 nitrogen and oxygen atoms in total. The molecule has 3 rings (SSSR count). The molecule has 0 aromatic carbocycles. The maximum absolute atomic E-state index is 5.30. The van der Waals surface area contributed by atoms with Crippen molar-refractivity contribution in [3.8, 4) is 11.4 Å². The average Bonchev–Trinajstić information content (AvgIpc) is 2.84. The summed E-state index contributed by atoms with van der Waals surface area (Å²) < 4.78 is 2.53. The number of aromatic amines is 1. The molecule has 0 bridgehead atoms. The van der Waals surface area contributed by atoms with Crippen LogP contribution in [0.3, 0.4) is 0 Å². The Balaban J connectivity index is 2.00. The molecule has 1 N–H and O–H groups in total. The second-order valence-electron chi connectivity index (χ2n) is 4.49. The summed E-state index contributed by atoms with van der Waals surface area (Å²) in [5.74, 6) is 0.781. The van der Waals surface area contributed by atoms with Crippen molar-refractivity contribution in [3.63, 3.8) is 0 Å². The van der Waals surface area contributed by atoms with Gasteiger partial charge in [0.15, 0.2) is 10.6 Å². The van der Waals surface area contributed by atoms with Gasteiger partial charge >= 0.3 is 0 Å². The van der Waals surface area contributed by atoms with Crippen LogP contribution < -0.4 is 0 Å². The van der Waals surface area contributed by atoms with Gasteiger partial charge < -0.3 is 0 Å². The Morgan fingerprint density at radius 3 is 2.85 bits per heavy atom. The number of rotatable bonds is 3. The van der Waals surface area contributed by atoms with E-state index in [1.165, 1.54) is 0 Å². The Labute approximate surface area is 121 Å². The van der Waals surface area contributed by atoms with Crippen molar-refractivity contribution >= 4 is 12.2 Å². The van der Waals surface area contributed by atoms with E-state index in [0.717, 1.165) is 22.6 Å². The maximum atomic E-state index is 5.30. The first kappa shape index (κ1) is 12.7. The van der Waals surface area contributed by atoms with Crippen molar-refractivity contribution < 1.29 is 0 Å². The predicted molar refractivity (Wildman–Crippen MR) is 78.7 cm³/mol. The van der Waals surface area contributed by atoms with E-state index >= 15 is 0 Å². The first-order chi connectivity index (χ1) is 9.74. The van der Waals surface area contributed by atoms with E-state index in [9.17, 15) is 0 Å². The molecule has 0 fully saturated rings. The van der Waals surface area contributed by atoms with Crippen LogP contribution in [0.1, 0.15) is 11.3 Å². The molecule has 0 aliphatic rings. The van der Waals surface area contributed by atoms with Gasteiger partial charge in [0, 0.05) is 29.8 Å². The lowest BCUT2D eigenvalue weighted by Crippen LogP contribution is -2.03. The van der Waals surface area contributed by atoms with E-state index in [-0.39, 0.29) is 0 Å². The second kappa shape index (κ2) is 5.34. The van der Waals surface area contributed by atoms with Crippen molar-refractivity contribution in [2.45, 2.75) is 13.5 Å². The highest BCUT2D eigenvalue weighted by molar-refractivity contribution is 7.71. The van der Waals surface area contributed by atoms with Crippen LogP contribution in [-0.2, 0) is 6.54 Å². The molecule has 0 saturated heterocycles. The third kappa shape index (κ3) is 2.50. The normalized spacial score (nSPS) is 10.7. The topological polar surface area (TPSA) is 59.4 Å². The Morgan fingerprint density at radius 2 is 2.15 bits per heavy atom. The van der Waals surface area contributed by atoms with Gasteiger partial charge in [-0.1, -0.05) is 6.07 Å². The zero-order valence-corrected chi connectivity index (χ0v) is 11.8. The van der Waals surface area contributed by atoms with Crippen LogP contribution in [0.5, 0.6) is 0 Å². The van der Waals surface area contributed by atoms with Gasteiger partial charge in [-0.05, 0) is 42.9 Å². The minimum Gasteiger partial charge on any atom is -0.296 e. The first-order valence-electron chi connectivity index (χ1n) is 6.21. The fraction of sp³-hybridized carbons (Fsp3) is 0.143. The molecule has 100 valence electrons. The van der Waals surface area contributed by atoms with Gasteiger partial charge in [-0.25, -0.2) is 0 Å². The summed E-state index contributed by atoms with van der Waals surface area (Å²) >= 11 is 5.30. The Hall–Kier alpha value is -2.34. The summed E-state index contributed by atoms with van der Waals surface area (Å²) in [4.78, 5) is 8.42. The molecular formula is C14H13N5S. The summed E-state index contributed by atoms with van der Waals surface area (Å²) in [7, 11) is 0. The Bertz CT molecular complexity index is 758. The number of pyridine rings is 2. The molecule has 3 heterocycles. The van der Waals surface area contributed by atoms with Crippen LogP contribution >= 0.6 is 12.2 Å². The van der Waals surface area contributed by atoms with Crippen molar-refractivity contribution in [1.82, 2.24) is 24.7 Å². The summed E-state index contributed by atoms with van der Waals surface area (Å²) in [5.41, 5.74) is 3.01. The van der Waals surface area contributed by atoms with Gasteiger partial charge in [0.1, 0.15) is 0 Å². The lowest BCUT2D eigenvalue weighted by Gasteiger charge is -2.06. The van der Waals surface area contributed by atoms with Crippen molar-refractivity contribution in [1.29, 1.82) is 0 Å². The molecule has 3 aromatic rings. The van der Waals surface area contributed by atoms with Crippen LogP contribution in [0.25, 0.3) is 11.4 Å². The first-order valence-corrected chi connectivity index (χ1v) is 6.62. The minimum atomic E-state index is 0.587. The number of aromatic nitrogens is 5. The van der Waals surface area contributed by atoms with E-state index in [2.05, 4.69) is 20.2 Å². The molecule has 0 radical (unpaired) electrons. The lowest BCUT2D eigenvalue weighted by atomic mass is 10.2. The quantitative estimate of drug-likeness (QED) is 0.751. The van der Waals surface area contributed by atoms with Crippen LogP contribution in [-0.4, -0.2) is 24.7 Å². The minimum absolute atomic E-state index is 0.587. The highest BCUT2D eigenvalue weighted by atomic mass is 32.1. The van der Waals surface area contributed by atoms with E-state index in [1.54, 1.807) is 12.4 Å². The fourth-order valence-electron chi connectivity index (χ4n) is 1.95. The molecule has 20 heavy (non-hydrogen) atoms. The predicted octanol–water partition coefficient (Wildman–Crippen LogP) is 2.75. The molecule has 0 atom stereocenters. The van der Waals surface area contributed by atoms with Crippen LogP contribution in [0.2, 0.25) is 0 Å². The number of nitrogens with zero attached hydrogens (tertiary/aromatic N) is 4. The van der Waals surface area contributed by atoms with E-state index in [0.29, 0.717) is 11.3 Å². The SMILES string of the molecule is Cc1ccc(Cn2c(-c3cccnc3)n[nH]c2=S)cn1. The van der Waals surface area contributed by atoms with Gasteiger partial charge in [0.05, 0.1) is 6.54 Å². The van der Waals surface area contributed by atoms with E-state index in [4.69, 9.17) is 12.2 Å². The standard InChI is InChI=1S/C14H13N5S/c1-10-4-5-11(7-16-10)9-19-13(17-18-14(19)20)12-3-2-6-15-8-12/h2-8H,9H2,1H3,(H,18,20). The molecule has 0 aliphatic carbocycles. The summed E-state index contributed by atoms with van der Waals surface area (Å²) in [6.07, 6.45) is 5.37. The summed E-state index contributed by atoms with van der Waals surface area (Å²) in [5, 5.41) is 7.12. The zero-order chi connectivity index (χ0) is 13.9. The molecule has 6 heteroatoms. The lowest BCUT2D eigenvalue weighted by molar-refractivity contribution is 0.785. The summed E-state index contributed by atoms with van der Waals surface area (Å²) in [6, 6.07) is 7.87. The molecule has 0 amide bonds. The van der Waals surface area contributed by atoms with Gasteiger partial charge in [0.2, 0.25) is 0 Å². The Morgan fingerprint density at radius 1 is 1.25 bits per heavy atom. The molecule has 3 aromatic heterocycles. The van der Waals surface area contributed by atoms with Crippen LogP contribution in [0.4, 0.5) is 0 Å². The largest absolute Gasteiger partial charge is 0.296 e. The van der Waals surface area contributed by atoms with Gasteiger partial charge in [-0.15, -0.1) is 0 Å². The monoisotopic (exact) mass is 283 g/mol. The van der Waals surface area contributed by atoms with E-state index < -0.39 is 0 Å². The molecule has 0 aliphatic heterocycles. The molecular weight excluding hydrogens is 270 g/mol. The average molecular weight is 283 g/mol. The smallest absolute Gasteiger partial charge is 0.195 e. The van der Waals surface area contributed by atoms with E-state index in [1.807, 2.05) is 42.0 Å². The number of hydrogen-bond acceptors (Lipinski definition) is 4. The van der Waals surface area contributed by atoms with Crippen LogP contribution in [0.15, 0.2) is 42.9 Å². The Kier molecular flexibility index (Phi) is 3.39. The van der Waals surface area contributed by atoms with Crippen molar-refractivity contribution in [2.24, 2.45) is 0 Å². The fourth-order valence-corrected chi connectivity index (χ4v) is 2.15. The number of aryl methyl sites for hydroxylation is 1. The molecule has 0 unspecified atom stereocenters. The maximum Gasteiger partial charge on any atom is 0.195 e. The molecule has 0 saturated carbocycles. The third-order valence-electron chi connectivity index (χ3n) is 2.99. The van der Waals surface area contributed by atoms with Gasteiger partial charge in [0.25, 0.3) is 0 Å². The highest BCUT2D eigenvalue weighted by Crippen LogP contribution is 2.17. The highest BCUT2D eigenvalue weighted by Gasteiger charge is 2.09. The molecule has 0 spiro atoms. The number of nitrogens with one attached hydrogen (secondary N) is 1. The van der Waals surface area contributed by atoms with Crippen molar-refractivity contribution in [2.75, 3.05) is 0 Å².